The zero-order valence-corrected chi connectivity index (χ0v) is 15.3. The number of β-amino-alcohol motifs (C(OH)–C–C–N with tert-alkyl or cyclic N) is 1. The summed E-state index contributed by atoms with van der Waals surface area (Å²) in [7, 11) is 2.14. The van der Waals surface area contributed by atoms with E-state index in [0.29, 0.717) is 26.1 Å². The van der Waals surface area contributed by atoms with E-state index < -0.39 is 5.60 Å². The number of aryl methyl sites for hydroxylation is 2. The van der Waals surface area contributed by atoms with Gasteiger partial charge in [0.05, 0.1) is 17.0 Å². The molecular weight excluding hydrogens is 322 g/mol. The Morgan fingerprint density at radius 1 is 1.25 bits per heavy atom. The first kappa shape index (κ1) is 16.5. The number of hydrogen-bond acceptors (Lipinski definition) is 5. The van der Waals surface area contributed by atoms with Crippen LogP contribution in [0, 0.1) is 0 Å². The van der Waals surface area contributed by atoms with Gasteiger partial charge in [0.2, 0.25) is 0 Å². The zero-order chi connectivity index (χ0) is 16.7. The highest BCUT2D eigenvalue weighted by molar-refractivity contribution is 7.14. The summed E-state index contributed by atoms with van der Waals surface area (Å²) in [5, 5.41) is 10.9. The fraction of sp³-hybridized carbons (Fsp3) is 0.722. The number of rotatable bonds is 3. The Morgan fingerprint density at radius 2 is 2.04 bits per heavy atom. The molecule has 1 N–H and O–H groups in total. The summed E-state index contributed by atoms with van der Waals surface area (Å²) in [6.45, 7) is 5.95. The van der Waals surface area contributed by atoms with Crippen LogP contribution < -0.4 is 0 Å². The van der Waals surface area contributed by atoms with E-state index in [1.807, 2.05) is 4.90 Å². The number of nitrogens with zero attached hydrogens (tertiary/aromatic N) is 3. The highest BCUT2D eigenvalue weighted by Gasteiger charge is 2.40. The highest BCUT2D eigenvalue weighted by atomic mass is 32.1. The van der Waals surface area contributed by atoms with Crippen LogP contribution in [0.25, 0.3) is 0 Å². The number of carbonyl (C=O) groups is 1. The predicted octanol–water partition coefficient (Wildman–Crippen LogP) is 1.06. The number of amides is 1. The number of hydrogen-bond donors (Lipinski definition) is 1. The summed E-state index contributed by atoms with van der Waals surface area (Å²) in [5.41, 5.74) is 0.626. The SMILES string of the molecule is CN1CCN(CC2(O)CCN(C(=O)c3cc4c(s3)CCC4)C2)CC1. The third-order valence-electron chi connectivity index (χ3n) is 5.69. The van der Waals surface area contributed by atoms with Crippen LogP contribution in [0.4, 0.5) is 0 Å². The summed E-state index contributed by atoms with van der Waals surface area (Å²) in [5.74, 6) is 0.115. The summed E-state index contributed by atoms with van der Waals surface area (Å²) in [6, 6.07) is 2.09. The number of likely N-dealkylation sites (tertiary alicyclic amines) is 1. The molecule has 1 unspecified atom stereocenters. The predicted molar refractivity (Wildman–Crippen MR) is 95.8 cm³/mol. The van der Waals surface area contributed by atoms with Gasteiger partial charge in [-0.3, -0.25) is 9.69 Å². The second-order valence-electron chi connectivity index (χ2n) is 7.69. The third kappa shape index (κ3) is 3.25. The van der Waals surface area contributed by atoms with Crippen LogP contribution in [0.15, 0.2) is 6.07 Å². The van der Waals surface area contributed by atoms with E-state index >= 15 is 0 Å². The molecule has 0 aromatic carbocycles. The minimum atomic E-state index is -0.744. The molecule has 3 heterocycles. The monoisotopic (exact) mass is 349 g/mol. The second-order valence-corrected chi connectivity index (χ2v) is 8.83. The van der Waals surface area contributed by atoms with Crippen LogP contribution in [-0.2, 0) is 12.8 Å². The molecule has 24 heavy (non-hydrogen) atoms. The van der Waals surface area contributed by atoms with E-state index in [2.05, 4.69) is 22.9 Å². The molecule has 4 rings (SSSR count). The van der Waals surface area contributed by atoms with Crippen molar-refractivity contribution in [3.63, 3.8) is 0 Å². The lowest BCUT2D eigenvalue weighted by atomic mass is 10.0. The topological polar surface area (TPSA) is 47.0 Å². The smallest absolute Gasteiger partial charge is 0.264 e. The van der Waals surface area contributed by atoms with Gasteiger partial charge < -0.3 is 14.9 Å². The van der Waals surface area contributed by atoms with Gasteiger partial charge in [0.15, 0.2) is 0 Å². The zero-order valence-electron chi connectivity index (χ0n) is 14.5. The van der Waals surface area contributed by atoms with Crippen molar-refractivity contribution in [3.05, 3.63) is 21.4 Å². The molecule has 1 aromatic rings. The summed E-state index contributed by atoms with van der Waals surface area (Å²) < 4.78 is 0. The lowest BCUT2D eigenvalue weighted by Gasteiger charge is -2.36. The quantitative estimate of drug-likeness (QED) is 0.887. The third-order valence-corrected chi connectivity index (χ3v) is 6.92. The van der Waals surface area contributed by atoms with Gasteiger partial charge >= 0.3 is 0 Å². The molecule has 1 atom stereocenters. The Balaban J connectivity index is 1.37. The number of carbonyl (C=O) groups excluding carboxylic acids is 1. The van der Waals surface area contributed by atoms with Crippen molar-refractivity contribution in [2.24, 2.45) is 0 Å². The van der Waals surface area contributed by atoms with Crippen LogP contribution >= 0.6 is 11.3 Å². The largest absolute Gasteiger partial charge is 0.387 e. The number of fused-ring (bicyclic) bond motifs is 1. The second kappa shape index (κ2) is 6.41. The summed E-state index contributed by atoms with van der Waals surface area (Å²) in [6.07, 6.45) is 4.16. The molecule has 3 aliphatic rings. The molecule has 132 valence electrons. The van der Waals surface area contributed by atoms with Gasteiger partial charge in [0, 0.05) is 44.1 Å². The minimum Gasteiger partial charge on any atom is -0.387 e. The molecule has 2 saturated heterocycles. The van der Waals surface area contributed by atoms with Crippen LogP contribution in [0.2, 0.25) is 0 Å². The van der Waals surface area contributed by atoms with E-state index in [0.717, 1.165) is 43.9 Å². The Hall–Kier alpha value is -0.950. The normalized spacial score (nSPS) is 28.5. The van der Waals surface area contributed by atoms with E-state index in [1.54, 1.807) is 11.3 Å². The van der Waals surface area contributed by atoms with Crippen molar-refractivity contribution in [3.8, 4) is 0 Å². The number of aliphatic hydroxyl groups is 1. The molecule has 0 saturated carbocycles. The van der Waals surface area contributed by atoms with Crippen molar-refractivity contribution < 1.29 is 9.90 Å². The molecule has 1 amide bonds. The van der Waals surface area contributed by atoms with Gasteiger partial charge in [-0.15, -0.1) is 11.3 Å². The van der Waals surface area contributed by atoms with Crippen LogP contribution in [0.3, 0.4) is 0 Å². The first-order valence-electron chi connectivity index (χ1n) is 9.07. The van der Waals surface area contributed by atoms with E-state index in [-0.39, 0.29) is 5.91 Å². The van der Waals surface area contributed by atoms with Crippen molar-refractivity contribution in [1.29, 1.82) is 0 Å². The fourth-order valence-electron chi connectivity index (χ4n) is 4.17. The molecule has 0 spiro atoms. The molecule has 1 aliphatic carbocycles. The fourth-order valence-corrected chi connectivity index (χ4v) is 5.39. The Bertz CT molecular complexity index is 602. The van der Waals surface area contributed by atoms with Crippen LogP contribution in [0.5, 0.6) is 0 Å². The van der Waals surface area contributed by atoms with Gasteiger partial charge in [-0.05, 0) is 44.4 Å². The van der Waals surface area contributed by atoms with Crippen LogP contribution in [0.1, 0.15) is 33.0 Å². The molecule has 5 nitrogen and oxygen atoms in total. The van der Waals surface area contributed by atoms with Gasteiger partial charge in [-0.2, -0.15) is 0 Å². The molecule has 6 heteroatoms. The summed E-state index contributed by atoms with van der Waals surface area (Å²) >= 11 is 1.66. The highest BCUT2D eigenvalue weighted by Crippen LogP contribution is 2.32. The Kier molecular flexibility index (Phi) is 4.41. The van der Waals surface area contributed by atoms with Gasteiger partial charge in [-0.25, -0.2) is 0 Å². The minimum absolute atomic E-state index is 0.115. The van der Waals surface area contributed by atoms with Crippen molar-refractivity contribution in [2.45, 2.75) is 31.3 Å². The van der Waals surface area contributed by atoms with E-state index in [9.17, 15) is 9.90 Å². The number of thiophene rings is 1. The lowest BCUT2D eigenvalue weighted by Crippen LogP contribution is -2.52. The maximum absolute atomic E-state index is 12.8. The van der Waals surface area contributed by atoms with E-state index in [1.165, 1.54) is 16.9 Å². The lowest BCUT2D eigenvalue weighted by molar-refractivity contribution is 0.000564. The molecule has 2 aliphatic heterocycles. The first-order chi connectivity index (χ1) is 11.5. The van der Waals surface area contributed by atoms with Gasteiger partial charge in [0.25, 0.3) is 5.91 Å². The molecular formula is C18H27N3O2S. The molecule has 0 radical (unpaired) electrons. The van der Waals surface area contributed by atoms with Crippen molar-refractivity contribution in [2.75, 3.05) is 52.9 Å². The van der Waals surface area contributed by atoms with Crippen LogP contribution in [-0.4, -0.2) is 84.2 Å². The van der Waals surface area contributed by atoms with Crippen molar-refractivity contribution >= 4 is 17.2 Å². The van der Waals surface area contributed by atoms with E-state index in [4.69, 9.17) is 0 Å². The average Bonchev–Trinajstić information content (AvgIpc) is 3.23. The first-order valence-corrected chi connectivity index (χ1v) is 9.88. The van der Waals surface area contributed by atoms with Gasteiger partial charge in [-0.1, -0.05) is 0 Å². The maximum Gasteiger partial charge on any atom is 0.264 e. The molecule has 0 bridgehead atoms. The molecule has 2 fully saturated rings. The Labute approximate surface area is 147 Å². The Morgan fingerprint density at radius 3 is 2.79 bits per heavy atom. The summed E-state index contributed by atoms with van der Waals surface area (Å²) in [4.78, 5) is 21.6. The van der Waals surface area contributed by atoms with Crippen molar-refractivity contribution in [1.82, 2.24) is 14.7 Å². The number of likely N-dealkylation sites (N-methyl/N-ethyl adjacent to an activating group) is 1. The molecule has 1 aromatic heterocycles. The van der Waals surface area contributed by atoms with Gasteiger partial charge in [0.1, 0.15) is 0 Å². The average molecular weight is 350 g/mol. The standard InChI is InChI=1S/C18H27N3O2S/c1-19-7-9-20(10-8-19)12-18(23)5-6-21(13-18)17(22)16-11-14-3-2-4-15(14)24-16/h11,23H,2-10,12-13H2,1H3. The maximum atomic E-state index is 12.8. The number of piperazine rings is 1.